The molecule has 0 fully saturated rings. The average Bonchev–Trinajstić information content (AvgIpc) is 3.11. The van der Waals surface area contributed by atoms with Crippen LogP contribution in [0.5, 0.6) is 0 Å². The number of hydrogen-bond donors (Lipinski definition) is 1. The summed E-state index contributed by atoms with van der Waals surface area (Å²) < 4.78 is 1.92. The Hall–Kier alpha value is -2.93. The van der Waals surface area contributed by atoms with E-state index in [4.69, 9.17) is 0 Å². The number of aromatic nitrogens is 4. The summed E-state index contributed by atoms with van der Waals surface area (Å²) in [5.41, 5.74) is 3.83. The van der Waals surface area contributed by atoms with E-state index < -0.39 is 0 Å². The highest BCUT2D eigenvalue weighted by atomic mass is 32.2. The molecule has 1 aromatic carbocycles. The first-order valence-corrected chi connectivity index (χ1v) is 10.1. The van der Waals surface area contributed by atoms with Gasteiger partial charge >= 0.3 is 0 Å². The van der Waals surface area contributed by atoms with E-state index in [1.54, 1.807) is 12.3 Å². The van der Waals surface area contributed by atoms with Gasteiger partial charge in [0.25, 0.3) is 0 Å². The van der Waals surface area contributed by atoms with Gasteiger partial charge in [0.1, 0.15) is 5.69 Å². The van der Waals surface area contributed by atoms with E-state index in [9.17, 15) is 4.79 Å². The predicted octanol–water partition coefficient (Wildman–Crippen LogP) is 4.13. The Balaban J connectivity index is 1.73. The van der Waals surface area contributed by atoms with Gasteiger partial charge in [-0.25, -0.2) is 0 Å². The first kappa shape index (κ1) is 19.8. The molecule has 0 aliphatic carbocycles. The Kier molecular flexibility index (Phi) is 6.60. The maximum Gasteiger partial charge on any atom is 0.234 e. The summed E-state index contributed by atoms with van der Waals surface area (Å²) in [6.45, 7) is 8.43. The largest absolute Gasteiger partial charge is 0.325 e. The molecule has 0 unspecified atom stereocenters. The van der Waals surface area contributed by atoms with Crippen LogP contribution in [0.15, 0.2) is 60.4 Å². The molecular formula is C21H23N5OS. The zero-order valence-electron chi connectivity index (χ0n) is 16.1. The lowest BCUT2D eigenvalue weighted by molar-refractivity contribution is -0.113. The number of aryl methyl sites for hydroxylation is 2. The third kappa shape index (κ3) is 4.48. The molecule has 0 radical (unpaired) electrons. The van der Waals surface area contributed by atoms with Crippen LogP contribution in [0.2, 0.25) is 0 Å². The monoisotopic (exact) mass is 393 g/mol. The van der Waals surface area contributed by atoms with E-state index in [0.29, 0.717) is 17.5 Å². The second-order valence-corrected chi connectivity index (χ2v) is 7.16. The fourth-order valence-electron chi connectivity index (χ4n) is 2.88. The van der Waals surface area contributed by atoms with E-state index in [1.165, 1.54) is 11.8 Å². The Bertz CT molecular complexity index is 968. The van der Waals surface area contributed by atoms with Crippen molar-refractivity contribution in [2.45, 2.75) is 32.0 Å². The lowest BCUT2D eigenvalue weighted by Crippen LogP contribution is -2.16. The minimum atomic E-state index is -0.0680. The minimum Gasteiger partial charge on any atom is -0.325 e. The van der Waals surface area contributed by atoms with Crippen molar-refractivity contribution in [2.75, 3.05) is 11.1 Å². The third-order valence-electron chi connectivity index (χ3n) is 4.26. The van der Waals surface area contributed by atoms with Crippen molar-refractivity contribution < 1.29 is 4.79 Å². The second-order valence-electron chi connectivity index (χ2n) is 6.22. The van der Waals surface area contributed by atoms with E-state index in [0.717, 1.165) is 28.9 Å². The fraction of sp³-hybridized carbons (Fsp3) is 0.238. The Morgan fingerprint density at radius 1 is 1.25 bits per heavy atom. The molecule has 7 heteroatoms. The number of hydrogen-bond acceptors (Lipinski definition) is 5. The lowest BCUT2D eigenvalue weighted by atomic mass is 10.1. The topological polar surface area (TPSA) is 72.7 Å². The highest BCUT2D eigenvalue weighted by Gasteiger charge is 2.16. The molecule has 0 spiro atoms. The van der Waals surface area contributed by atoms with E-state index >= 15 is 0 Å². The molecule has 0 saturated carbocycles. The molecule has 144 valence electrons. The van der Waals surface area contributed by atoms with E-state index in [2.05, 4.69) is 34.0 Å². The maximum absolute atomic E-state index is 12.5. The molecule has 3 aromatic rings. The summed E-state index contributed by atoms with van der Waals surface area (Å²) in [6, 6.07) is 11.7. The molecule has 3 rings (SSSR count). The van der Waals surface area contributed by atoms with Crippen molar-refractivity contribution in [3.63, 3.8) is 0 Å². The number of rotatable bonds is 8. The molecule has 0 aliphatic rings. The molecule has 1 amide bonds. The maximum atomic E-state index is 12.5. The number of benzene rings is 1. The minimum absolute atomic E-state index is 0.0680. The van der Waals surface area contributed by atoms with Gasteiger partial charge in [-0.05, 0) is 36.6 Å². The Labute approximate surface area is 169 Å². The fourth-order valence-corrected chi connectivity index (χ4v) is 3.63. The van der Waals surface area contributed by atoms with Crippen LogP contribution in [0.25, 0.3) is 11.5 Å². The van der Waals surface area contributed by atoms with Crippen molar-refractivity contribution >= 4 is 23.4 Å². The zero-order valence-corrected chi connectivity index (χ0v) is 16.9. The summed E-state index contributed by atoms with van der Waals surface area (Å²) in [5, 5.41) is 12.2. The summed E-state index contributed by atoms with van der Waals surface area (Å²) in [6.07, 6.45) is 4.36. The lowest BCUT2D eigenvalue weighted by Gasteiger charge is -2.13. The van der Waals surface area contributed by atoms with Crippen LogP contribution in [-0.4, -0.2) is 31.4 Å². The van der Waals surface area contributed by atoms with Crippen LogP contribution in [0.1, 0.15) is 18.1 Å². The molecular weight excluding hydrogens is 370 g/mol. The molecule has 28 heavy (non-hydrogen) atoms. The van der Waals surface area contributed by atoms with Crippen LogP contribution >= 0.6 is 11.8 Å². The van der Waals surface area contributed by atoms with Gasteiger partial charge in [-0.15, -0.1) is 16.8 Å². The van der Waals surface area contributed by atoms with Crippen molar-refractivity contribution in [3.05, 3.63) is 66.4 Å². The quantitative estimate of drug-likeness (QED) is 0.460. The van der Waals surface area contributed by atoms with Gasteiger partial charge in [0.15, 0.2) is 11.0 Å². The van der Waals surface area contributed by atoms with Crippen LogP contribution in [0, 0.1) is 6.92 Å². The van der Waals surface area contributed by atoms with Gasteiger partial charge in [-0.1, -0.05) is 49.0 Å². The summed E-state index contributed by atoms with van der Waals surface area (Å²) in [7, 11) is 0. The van der Waals surface area contributed by atoms with Crippen LogP contribution in [-0.2, 0) is 17.8 Å². The zero-order chi connectivity index (χ0) is 19.9. The molecule has 0 aliphatic heterocycles. The average molecular weight is 394 g/mol. The molecule has 2 aromatic heterocycles. The molecule has 0 saturated heterocycles. The highest BCUT2D eigenvalue weighted by Crippen LogP contribution is 2.24. The normalized spacial score (nSPS) is 10.6. The van der Waals surface area contributed by atoms with Gasteiger partial charge in [0, 0.05) is 18.4 Å². The number of pyridine rings is 1. The summed E-state index contributed by atoms with van der Waals surface area (Å²) in [5.74, 6) is 0.840. The van der Waals surface area contributed by atoms with E-state index in [1.807, 2.05) is 47.9 Å². The summed E-state index contributed by atoms with van der Waals surface area (Å²) >= 11 is 1.35. The number of nitrogens with one attached hydrogen (secondary N) is 1. The van der Waals surface area contributed by atoms with Crippen molar-refractivity contribution in [1.82, 2.24) is 19.7 Å². The number of thioether (sulfide) groups is 1. The number of anilines is 1. The van der Waals surface area contributed by atoms with E-state index in [-0.39, 0.29) is 11.7 Å². The summed E-state index contributed by atoms with van der Waals surface area (Å²) in [4.78, 5) is 16.9. The number of carbonyl (C=O) groups is 1. The molecule has 6 nitrogen and oxygen atoms in total. The first-order valence-electron chi connectivity index (χ1n) is 9.10. The highest BCUT2D eigenvalue weighted by molar-refractivity contribution is 7.99. The van der Waals surface area contributed by atoms with Gasteiger partial charge in [0.2, 0.25) is 5.91 Å². The molecule has 0 atom stereocenters. The standard InChI is InChI=1S/C21H23N5OS/c1-4-13-26-20(17-11-6-7-12-22-17)24-25-21(26)28-14-18(27)23-19-15(3)9-8-10-16(19)5-2/h4,6-12H,1,5,13-14H2,2-3H3,(H,23,27). The molecule has 1 N–H and O–H groups in total. The Morgan fingerprint density at radius 2 is 2.11 bits per heavy atom. The number of allylic oxidation sites excluding steroid dienone is 1. The van der Waals surface area contributed by atoms with Crippen LogP contribution in [0.3, 0.4) is 0 Å². The van der Waals surface area contributed by atoms with Gasteiger partial charge in [0.05, 0.1) is 5.75 Å². The third-order valence-corrected chi connectivity index (χ3v) is 5.23. The number of nitrogens with zero attached hydrogens (tertiary/aromatic N) is 4. The molecule has 0 bridgehead atoms. The van der Waals surface area contributed by atoms with Gasteiger partial charge in [-0.3, -0.25) is 14.3 Å². The second kappa shape index (κ2) is 9.32. The molecule has 2 heterocycles. The van der Waals surface area contributed by atoms with Crippen LogP contribution in [0.4, 0.5) is 5.69 Å². The first-order chi connectivity index (χ1) is 13.6. The SMILES string of the molecule is C=CCn1c(SCC(=O)Nc2c(C)cccc2CC)nnc1-c1ccccn1. The Morgan fingerprint density at radius 3 is 2.82 bits per heavy atom. The van der Waals surface area contributed by atoms with Gasteiger partial charge in [-0.2, -0.15) is 0 Å². The van der Waals surface area contributed by atoms with Crippen LogP contribution < -0.4 is 5.32 Å². The smallest absolute Gasteiger partial charge is 0.234 e. The number of carbonyl (C=O) groups excluding carboxylic acids is 1. The number of para-hydroxylation sites is 1. The van der Waals surface area contributed by atoms with Crippen molar-refractivity contribution in [1.29, 1.82) is 0 Å². The number of amides is 1. The predicted molar refractivity (Wildman–Crippen MR) is 113 cm³/mol. The van der Waals surface area contributed by atoms with Crippen molar-refractivity contribution in [2.24, 2.45) is 0 Å². The van der Waals surface area contributed by atoms with Crippen molar-refractivity contribution in [3.8, 4) is 11.5 Å². The van der Waals surface area contributed by atoms with Gasteiger partial charge < -0.3 is 5.32 Å².